The highest BCUT2D eigenvalue weighted by atomic mass is 16.5. The first-order chi connectivity index (χ1) is 7.81. The first-order valence-corrected chi connectivity index (χ1v) is 6.80. The van der Waals surface area contributed by atoms with E-state index in [1.54, 1.807) is 0 Å². The lowest BCUT2D eigenvalue weighted by Crippen LogP contribution is -2.35. The van der Waals surface area contributed by atoms with Gasteiger partial charge in [-0.3, -0.25) is 0 Å². The minimum Gasteiger partial charge on any atom is -0.378 e. The molecule has 2 aliphatic rings. The van der Waals surface area contributed by atoms with Gasteiger partial charge in [-0.15, -0.1) is 0 Å². The smallest absolute Gasteiger partial charge is 0.0616 e. The average molecular weight is 227 g/mol. The third-order valence-corrected chi connectivity index (χ3v) is 4.06. The third kappa shape index (κ3) is 2.96. The lowest BCUT2D eigenvalue weighted by molar-refractivity contribution is 0.0736. The third-order valence-electron chi connectivity index (χ3n) is 4.06. The maximum Gasteiger partial charge on any atom is 0.0616 e. The summed E-state index contributed by atoms with van der Waals surface area (Å²) < 4.78 is 11.3. The number of ether oxygens (including phenoxy) is 2. The van der Waals surface area contributed by atoms with Gasteiger partial charge in [-0.1, -0.05) is 6.92 Å². The van der Waals surface area contributed by atoms with E-state index in [2.05, 4.69) is 6.92 Å². The highest BCUT2D eigenvalue weighted by Crippen LogP contribution is 2.28. The molecule has 4 unspecified atom stereocenters. The fourth-order valence-corrected chi connectivity index (χ4v) is 3.04. The molecule has 0 aromatic carbocycles. The summed E-state index contributed by atoms with van der Waals surface area (Å²) in [7, 11) is 0. The fraction of sp³-hybridized carbons (Fsp3) is 1.00. The summed E-state index contributed by atoms with van der Waals surface area (Å²) in [6, 6.07) is 0.302. The van der Waals surface area contributed by atoms with Gasteiger partial charge in [0, 0.05) is 25.2 Å². The topological polar surface area (TPSA) is 44.5 Å². The van der Waals surface area contributed by atoms with E-state index < -0.39 is 0 Å². The lowest BCUT2D eigenvalue weighted by atomic mass is 9.88. The first-order valence-electron chi connectivity index (χ1n) is 6.80. The minimum atomic E-state index is 0.302. The van der Waals surface area contributed by atoms with Crippen molar-refractivity contribution in [2.45, 2.75) is 63.7 Å². The summed E-state index contributed by atoms with van der Waals surface area (Å²) in [5, 5.41) is 0. The summed E-state index contributed by atoms with van der Waals surface area (Å²) in [5.74, 6) is 0.575. The van der Waals surface area contributed by atoms with E-state index in [1.165, 1.54) is 12.8 Å². The van der Waals surface area contributed by atoms with E-state index in [4.69, 9.17) is 15.2 Å². The molecule has 94 valence electrons. The maximum absolute atomic E-state index is 6.29. The van der Waals surface area contributed by atoms with Gasteiger partial charge in [0.05, 0.1) is 12.2 Å². The molecule has 2 rings (SSSR count). The van der Waals surface area contributed by atoms with Crippen LogP contribution in [-0.4, -0.2) is 31.5 Å². The number of rotatable bonds is 5. The Labute approximate surface area is 98.7 Å². The van der Waals surface area contributed by atoms with Crippen LogP contribution in [0.15, 0.2) is 0 Å². The van der Waals surface area contributed by atoms with E-state index in [0.717, 1.165) is 38.9 Å². The van der Waals surface area contributed by atoms with E-state index in [-0.39, 0.29) is 0 Å². The zero-order valence-corrected chi connectivity index (χ0v) is 10.4. The molecule has 4 atom stereocenters. The van der Waals surface area contributed by atoms with Crippen LogP contribution in [-0.2, 0) is 9.47 Å². The molecule has 2 heterocycles. The van der Waals surface area contributed by atoms with Gasteiger partial charge in [-0.25, -0.2) is 0 Å². The number of nitrogens with two attached hydrogens (primary N) is 1. The van der Waals surface area contributed by atoms with Crippen molar-refractivity contribution in [3.8, 4) is 0 Å². The molecule has 0 bridgehead atoms. The van der Waals surface area contributed by atoms with E-state index in [0.29, 0.717) is 24.2 Å². The summed E-state index contributed by atoms with van der Waals surface area (Å²) in [5.41, 5.74) is 6.29. The fourth-order valence-electron chi connectivity index (χ4n) is 3.04. The zero-order chi connectivity index (χ0) is 11.4. The Morgan fingerprint density at radius 2 is 2.12 bits per heavy atom. The van der Waals surface area contributed by atoms with Gasteiger partial charge >= 0.3 is 0 Å². The molecule has 0 radical (unpaired) electrons. The number of hydrogen-bond donors (Lipinski definition) is 1. The van der Waals surface area contributed by atoms with Gasteiger partial charge in [-0.2, -0.15) is 0 Å². The Bertz CT molecular complexity index is 204. The Morgan fingerprint density at radius 3 is 2.81 bits per heavy atom. The van der Waals surface area contributed by atoms with Crippen LogP contribution < -0.4 is 5.73 Å². The predicted octanol–water partition coefficient (Wildman–Crippen LogP) is 2.09. The maximum atomic E-state index is 6.29. The van der Waals surface area contributed by atoms with Crippen molar-refractivity contribution in [2.24, 2.45) is 11.7 Å². The normalized spacial score (nSPS) is 36.8. The Kier molecular flexibility index (Phi) is 4.62. The Balaban J connectivity index is 1.71. The minimum absolute atomic E-state index is 0.302. The Morgan fingerprint density at radius 1 is 1.25 bits per heavy atom. The van der Waals surface area contributed by atoms with E-state index in [9.17, 15) is 0 Å². The molecule has 3 nitrogen and oxygen atoms in total. The molecule has 0 aliphatic carbocycles. The van der Waals surface area contributed by atoms with Crippen molar-refractivity contribution in [3.63, 3.8) is 0 Å². The van der Waals surface area contributed by atoms with Crippen molar-refractivity contribution < 1.29 is 9.47 Å². The van der Waals surface area contributed by atoms with E-state index >= 15 is 0 Å². The predicted molar refractivity (Wildman–Crippen MR) is 64.3 cm³/mol. The van der Waals surface area contributed by atoms with Gasteiger partial charge in [-0.05, 0) is 38.5 Å². The van der Waals surface area contributed by atoms with Gasteiger partial charge in [0.1, 0.15) is 0 Å². The summed E-state index contributed by atoms with van der Waals surface area (Å²) in [6.07, 6.45) is 7.80. The number of hydrogen-bond acceptors (Lipinski definition) is 3. The van der Waals surface area contributed by atoms with Crippen molar-refractivity contribution in [2.75, 3.05) is 13.2 Å². The second-order valence-corrected chi connectivity index (χ2v) is 5.15. The van der Waals surface area contributed by atoms with Gasteiger partial charge in [0.25, 0.3) is 0 Å². The summed E-state index contributed by atoms with van der Waals surface area (Å²) in [4.78, 5) is 0. The second kappa shape index (κ2) is 5.99. The van der Waals surface area contributed by atoms with Crippen molar-refractivity contribution >= 4 is 0 Å². The van der Waals surface area contributed by atoms with Gasteiger partial charge in [0.2, 0.25) is 0 Å². The van der Waals surface area contributed by atoms with Crippen LogP contribution in [0.25, 0.3) is 0 Å². The van der Waals surface area contributed by atoms with Crippen LogP contribution in [0.2, 0.25) is 0 Å². The molecule has 2 aliphatic heterocycles. The van der Waals surface area contributed by atoms with Gasteiger partial charge in [0.15, 0.2) is 0 Å². The largest absolute Gasteiger partial charge is 0.378 e. The van der Waals surface area contributed by atoms with Crippen LogP contribution >= 0.6 is 0 Å². The van der Waals surface area contributed by atoms with Crippen LogP contribution in [0.5, 0.6) is 0 Å². The summed E-state index contributed by atoms with van der Waals surface area (Å²) >= 11 is 0. The van der Waals surface area contributed by atoms with Crippen LogP contribution in [0.1, 0.15) is 45.4 Å². The molecule has 0 saturated carbocycles. The molecule has 0 aromatic rings. The van der Waals surface area contributed by atoms with Crippen LogP contribution in [0.3, 0.4) is 0 Å². The monoisotopic (exact) mass is 227 g/mol. The Hall–Kier alpha value is -0.120. The highest BCUT2D eigenvalue weighted by Gasteiger charge is 2.31. The molecule has 16 heavy (non-hydrogen) atoms. The standard InChI is InChI=1S/C13H25NO2/c1-2-13-11(7-9-16-13)12(14)6-5-10-4-3-8-15-10/h10-13H,2-9,14H2,1H3. The molecule has 2 N–H and O–H groups in total. The van der Waals surface area contributed by atoms with Crippen molar-refractivity contribution in [1.29, 1.82) is 0 Å². The molecular weight excluding hydrogens is 202 g/mol. The lowest BCUT2D eigenvalue weighted by Gasteiger charge is -2.24. The first kappa shape index (κ1) is 12.3. The summed E-state index contributed by atoms with van der Waals surface area (Å²) in [6.45, 7) is 4.04. The zero-order valence-electron chi connectivity index (χ0n) is 10.4. The second-order valence-electron chi connectivity index (χ2n) is 5.15. The molecule has 3 heteroatoms. The van der Waals surface area contributed by atoms with Crippen molar-refractivity contribution in [1.82, 2.24) is 0 Å². The van der Waals surface area contributed by atoms with Crippen LogP contribution in [0, 0.1) is 5.92 Å². The highest BCUT2D eigenvalue weighted by molar-refractivity contribution is 4.84. The molecular formula is C13H25NO2. The SMILES string of the molecule is CCC1OCCC1C(N)CCC1CCCO1. The quantitative estimate of drug-likeness (QED) is 0.782. The van der Waals surface area contributed by atoms with Crippen LogP contribution in [0.4, 0.5) is 0 Å². The molecule has 0 amide bonds. The molecule has 0 spiro atoms. The average Bonchev–Trinajstić information content (AvgIpc) is 2.96. The molecule has 2 saturated heterocycles. The van der Waals surface area contributed by atoms with E-state index in [1.807, 2.05) is 0 Å². The molecule has 0 aromatic heterocycles. The molecule has 2 fully saturated rings. The van der Waals surface area contributed by atoms with Gasteiger partial charge < -0.3 is 15.2 Å². The van der Waals surface area contributed by atoms with Crippen molar-refractivity contribution in [3.05, 3.63) is 0 Å².